The molecule has 0 unspecified atom stereocenters. The van der Waals surface area contributed by atoms with Crippen molar-refractivity contribution in [2.45, 2.75) is 18.9 Å². The number of rotatable bonds is 5. The zero-order valence-corrected chi connectivity index (χ0v) is 16.8. The molecule has 2 amide bonds. The number of anilines is 1. The van der Waals surface area contributed by atoms with Gasteiger partial charge in [0.05, 0.1) is 28.0 Å². The summed E-state index contributed by atoms with van der Waals surface area (Å²) in [6, 6.07) is 26.5. The van der Waals surface area contributed by atoms with E-state index >= 15 is 0 Å². The van der Waals surface area contributed by atoms with Crippen LogP contribution in [0.1, 0.15) is 33.6 Å². The van der Waals surface area contributed by atoms with Crippen molar-refractivity contribution < 1.29 is 9.59 Å². The van der Waals surface area contributed by atoms with Crippen molar-refractivity contribution in [2.24, 2.45) is 0 Å². The van der Waals surface area contributed by atoms with Gasteiger partial charge in [0, 0.05) is 17.0 Å². The van der Waals surface area contributed by atoms with Crippen molar-refractivity contribution in [3.8, 4) is 11.3 Å². The molecule has 1 fully saturated rings. The maximum Gasteiger partial charge on any atom is 0.256 e. The average molecular weight is 407 g/mol. The zero-order chi connectivity index (χ0) is 21.2. The number of hydrogen-bond acceptors (Lipinski definition) is 3. The van der Waals surface area contributed by atoms with Gasteiger partial charge in [-0.2, -0.15) is 0 Å². The summed E-state index contributed by atoms with van der Waals surface area (Å²) in [7, 11) is 0. The number of aromatic nitrogens is 1. The van der Waals surface area contributed by atoms with Crippen LogP contribution < -0.4 is 10.6 Å². The van der Waals surface area contributed by atoms with E-state index in [4.69, 9.17) is 4.98 Å². The number of fused-ring (bicyclic) bond motifs is 1. The van der Waals surface area contributed by atoms with Crippen molar-refractivity contribution in [2.75, 3.05) is 5.32 Å². The minimum absolute atomic E-state index is 0.164. The molecule has 2 N–H and O–H groups in total. The molecule has 31 heavy (non-hydrogen) atoms. The molecule has 5 heteroatoms. The number of para-hydroxylation sites is 2. The number of benzene rings is 3. The minimum Gasteiger partial charge on any atom is -0.349 e. The summed E-state index contributed by atoms with van der Waals surface area (Å²) >= 11 is 0. The Hall–Kier alpha value is -3.99. The predicted molar refractivity (Wildman–Crippen MR) is 122 cm³/mol. The van der Waals surface area contributed by atoms with E-state index in [1.165, 1.54) is 0 Å². The highest BCUT2D eigenvalue weighted by atomic mass is 16.2. The van der Waals surface area contributed by atoms with Crippen LogP contribution in [-0.2, 0) is 0 Å². The fourth-order valence-corrected chi connectivity index (χ4v) is 3.59. The van der Waals surface area contributed by atoms with E-state index in [1.807, 2.05) is 60.7 Å². The van der Waals surface area contributed by atoms with Crippen LogP contribution in [-0.4, -0.2) is 22.8 Å². The summed E-state index contributed by atoms with van der Waals surface area (Å²) in [5, 5.41) is 6.69. The number of nitrogens with zero attached hydrogens (tertiary/aromatic N) is 1. The van der Waals surface area contributed by atoms with Crippen LogP contribution in [0, 0.1) is 0 Å². The highest BCUT2D eigenvalue weighted by Gasteiger charge is 2.25. The van der Waals surface area contributed by atoms with Crippen molar-refractivity contribution in [1.82, 2.24) is 10.3 Å². The monoisotopic (exact) mass is 407 g/mol. The number of carbonyl (C=O) groups is 2. The molecule has 1 heterocycles. The third-order valence-electron chi connectivity index (χ3n) is 5.36. The molecule has 0 saturated heterocycles. The third-order valence-corrected chi connectivity index (χ3v) is 5.36. The van der Waals surface area contributed by atoms with E-state index < -0.39 is 0 Å². The molecule has 1 aromatic heterocycles. The molecule has 4 aromatic rings. The first-order valence-electron chi connectivity index (χ1n) is 10.4. The van der Waals surface area contributed by atoms with Gasteiger partial charge in [-0.05, 0) is 37.1 Å². The van der Waals surface area contributed by atoms with Gasteiger partial charge in [0.2, 0.25) is 0 Å². The van der Waals surface area contributed by atoms with E-state index in [0.717, 1.165) is 35.0 Å². The first kappa shape index (κ1) is 19.0. The summed E-state index contributed by atoms with van der Waals surface area (Å²) < 4.78 is 0. The van der Waals surface area contributed by atoms with Crippen molar-refractivity contribution in [3.63, 3.8) is 0 Å². The Bertz CT molecular complexity index is 1280. The quantitative estimate of drug-likeness (QED) is 0.487. The lowest BCUT2D eigenvalue weighted by Gasteiger charge is -2.13. The zero-order valence-electron chi connectivity index (χ0n) is 16.8. The molecule has 0 atom stereocenters. The molecule has 0 aliphatic heterocycles. The van der Waals surface area contributed by atoms with Gasteiger partial charge in [0.1, 0.15) is 0 Å². The van der Waals surface area contributed by atoms with Crippen molar-refractivity contribution >= 4 is 28.4 Å². The predicted octanol–water partition coefficient (Wildman–Crippen LogP) is 5.05. The second kappa shape index (κ2) is 8.03. The summed E-state index contributed by atoms with van der Waals surface area (Å²) in [6.45, 7) is 0. The van der Waals surface area contributed by atoms with Crippen LogP contribution >= 0.6 is 0 Å². The SMILES string of the molecule is O=C(NC1CC1)c1ccccc1NC(=O)c1cc(-c2ccccc2)nc2ccccc12. The maximum absolute atomic E-state index is 13.4. The number of nitrogens with one attached hydrogen (secondary N) is 2. The molecule has 0 bridgehead atoms. The molecule has 1 saturated carbocycles. The van der Waals surface area contributed by atoms with Crippen LogP contribution in [0.4, 0.5) is 5.69 Å². The maximum atomic E-state index is 13.4. The highest BCUT2D eigenvalue weighted by molar-refractivity contribution is 6.15. The minimum atomic E-state index is -0.276. The summed E-state index contributed by atoms with van der Waals surface area (Å²) in [5.74, 6) is -0.439. The molecule has 0 spiro atoms. The van der Waals surface area contributed by atoms with Crippen molar-refractivity contribution in [3.05, 3.63) is 96.1 Å². The van der Waals surface area contributed by atoms with Gasteiger partial charge >= 0.3 is 0 Å². The molecule has 5 nitrogen and oxygen atoms in total. The van der Waals surface area contributed by atoms with Gasteiger partial charge in [-0.1, -0.05) is 60.7 Å². The Balaban J connectivity index is 1.53. The van der Waals surface area contributed by atoms with E-state index in [-0.39, 0.29) is 17.9 Å². The number of hydrogen-bond donors (Lipinski definition) is 2. The van der Waals surface area contributed by atoms with E-state index in [1.54, 1.807) is 24.3 Å². The number of pyridine rings is 1. The molecule has 0 radical (unpaired) electrons. The van der Waals surface area contributed by atoms with E-state index in [2.05, 4.69) is 10.6 Å². The highest BCUT2D eigenvalue weighted by Crippen LogP contribution is 2.26. The summed E-state index contributed by atoms with van der Waals surface area (Å²) in [4.78, 5) is 30.7. The second-order valence-electron chi connectivity index (χ2n) is 7.69. The molecule has 3 aromatic carbocycles. The lowest BCUT2D eigenvalue weighted by molar-refractivity contribution is 0.0952. The summed E-state index contributed by atoms with van der Waals surface area (Å²) in [5.41, 5.74) is 3.88. The Labute approximate surface area is 180 Å². The Morgan fingerprint density at radius 2 is 1.48 bits per heavy atom. The fourth-order valence-electron chi connectivity index (χ4n) is 3.59. The van der Waals surface area contributed by atoms with Gasteiger partial charge in [0.15, 0.2) is 0 Å². The van der Waals surface area contributed by atoms with Crippen molar-refractivity contribution in [1.29, 1.82) is 0 Å². The fraction of sp³-hybridized carbons (Fsp3) is 0.115. The Morgan fingerprint density at radius 3 is 2.29 bits per heavy atom. The van der Waals surface area contributed by atoms with Crippen LogP contribution in [0.5, 0.6) is 0 Å². The normalized spacial score (nSPS) is 13.0. The second-order valence-corrected chi connectivity index (χ2v) is 7.69. The molecule has 5 rings (SSSR count). The van der Waals surface area contributed by atoms with E-state index in [9.17, 15) is 9.59 Å². The first-order chi connectivity index (χ1) is 15.2. The molecule has 1 aliphatic carbocycles. The van der Waals surface area contributed by atoms with Crippen LogP contribution in [0.15, 0.2) is 84.9 Å². The number of amides is 2. The van der Waals surface area contributed by atoms with Gasteiger partial charge in [-0.15, -0.1) is 0 Å². The lowest BCUT2D eigenvalue weighted by atomic mass is 10.0. The van der Waals surface area contributed by atoms with Gasteiger partial charge in [-0.3, -0.25) is 9.59 Å². The van der Waals surface area contributed by atoms with Crippen LogP contribution in [0.25, 0.3) is 22.2 Å². The molecular formula is C26H21N3O2. The Kier molecular flexibility index (Phi) is 4.92. The van der Waals surface area contributed by atoms with Crippen LogP contribution in [0.3, 0.4) is 0 Å². The summed E-state index contributed by atoms with van der Waals surface area (Å²) in [6.07, 6.45) is 2.01. The smallest absolute Gasteiger partial charge is 0.256 e. The largest absolute Gasteiger partial charge is 0.349 e. The topological polar surface area (TPSA) is 71.1 Å². The molecule has 1 aliphatic rings. The molecule has 152 valence electrons. The third kappa shape index (κ3) is 4.03. The standard InChI is InChI=1S/C26H21N3O2/c30-25(27-18-14-15-18)20-11-5-7-13-23(20)29-26(31)21-16-24(17-8-2-1-3-9-17)28-22-12-6-4-10-19(21)22/h1-13,16,18H,14-15H2,(H,27,30)(H,29,31). The lowest BCUT2D eigenvalue weighted by Crippen LogP contribution is -2.27. The van der Waals surface area contributed by atoms with Crippen LogP contribution in [0.2, 0.25) is 0 Å². The average Bonchev–Trinajstić information content (AvgIpc) is 3.63. The number of carbonyl (C=O) groups excluding carboxylic acids is 2. The van der Waals surface area contributed by atoms with Gasteiger partial charge < -0.3 is 10.6 Å². The van der Waals surface area contributed by atoms with Gasteiger partial charge in [0.25, 0.3) is 11.8 Å². The van der Waals surface area contributed by atoms with E-state index in [0.29, 0.717) is 16.8 Å². The Morgan fingerprint density at radius 1 is 0.774 bits per heavy atom. The van der Waals surface area contributed by atoms with Gasteiger partial charge in [-0.25, -0.2) is 4.98 Å². The first-order valence-corrected chi connectivity index (χ1v) is 10.4. The molecular weight excluding hydrogens is 386 g/mol.